The van der Waals surface area contributed by atoms with Crippen molar-refractivity contribution in [2.75, 3.05) is 0 Å². The van der Waals surface area contributed by atoms with Crippen LogP contribution in [0, 0.1) is 6.07 Å². The van der Waals surface area contributed by atoms with Crippen molar-refractivity contribution in [2.24, 2.45) is 0 Å². The Balaban J connectivity index is 0.00000486. The van der Waals surface area contributed by atoms with E-state index in [2.05, 4.69) is 135 Å². The number of ether oxygens (including phenoxy) is 1. The summed E-state index contributed by atoms with van der Waals surface area (Å²) >= 11 is 0. The molecule has 264 valence electrons. The number of hydrogen-bond acceptors (Lipinski definition) is 4. The minimum atomic E-state index is -0.279. The first-order chi connectivity index (χ1) is 22.7. The number of phenols is 1. The van der Waals surface area contributed by atoms with E-state index >= 15 is 0 Å². The second-order valence-corrected chi connectivity index (χ2v) is 17.4. The third-order valence-electron chi connectivity index (χ3n) is 9.30. The van der Waals surface area contributed by atoms with Gasteiger partial charge in [-0.15, -0.1) is 23.8 Å². The van der Waals surface area contributed by atoms with Gasteiger partial charge >= 0.3 is 0 Å². The van der Waals surface area contributed by atoms with Crippen molar-refractivity contribution in [1.29, 1.82) is 0 Å². The van der Waals surface area contributed by atoms with Crippen molar-refractivity contribution in [3.63, 3.8) is 0 Å². The Morgan fingerprint density at radius 3 is 1.94 bits per heavy atom. The van der Waals surface area contributed by atoms with Crippen molar-refractivity contribution >= 4 is 21.9 Å². The number of phenolic OH excluding ortho intramolecular Hbond substituents is 1. The quantitative estimate of drug-likeness (QED) is 0.180. The first-order valence-corrected chi connectivity index (χ1v) is 17.2. The van der Waals surface area contributed by atoms with Crippen molar-refractivity contribution in [2.45, 2.75) is 105 Å². The monoisotopic (exact) mass is 847 g/mol. The van der Waals surface area contributed by atoms with Crippen LogP contribution in [0.1, 0.15) is 105 Å². The Labute approximate surface area is 312 Å². The molecule has 0 saturated heterocycles. The van der Waals surface area contributed by atoms with E-state index in [1.807, 2.05) is 36.4 Å². The van der Waals surface area contributed by atoms with Crippen molar-refractivity contribution in [3.05, 3.63) is 107 Å². The molecule has 3 aromatic heterocycles. The number of fused-ring (bicyclic) bond motifs is 3. The van der Waals surface area contributed by atoms with Crippen LogP contribution in [0.5, 0.6) is 17.4 Å². The summed E-state index contributed by atoms with van der Waals surface area (Å²) in [7, 11) is 0. The maximum atomic E-state index is 12.2. The molecule has 0 radical (unpaired) electrons. The van der Waals surface area contributed by atoms with E-state index in [1.165, 1.54) is 5.56 Å². The molecule has 6 rings (SSSR count). The third kappa shape index (κ3) is 7.12. The van der Waals surface area contributed by atoms with Gasteiger partial charge in [0.1, 0.15) is 11.4 Å². The van der Waals surface area contributed by atoms with E-state index in [-0.39, 0.29) is 48.5 Å². The van der Waals surface area contributed by atoms with E-state index in [4.69, 9.17) is 9.72 Å². The summed E-state index contributed by atoms with van der Waals surface area (Å²) in [5.41, 5.74) is 7.92. The van der Waals surface area contributed by atoms with E-state index < -0.39 is 0 Å². The zero-order valence-corrected chi connectivity index (χ0v) is 33.8. The maximum absolute atomic E-state index is 12.2. The van der Waals surface area contributed by atoms with E-state index in [9.17, 15) is 5.11 Å². The van der Waals surface area contributed by atoms with E-state index in [1.54, 1.807) is 6.20 Å². The molecule has 5 nitrogen and oxygen atoms in total. The average Bonchev–Trinajstić information content (AvgIpc) is 3.32. The molecule has 0 aliphatic heterocycles. The first kappa shape index (κ1) is 37.3. The minimum Gasteiger partial charge on any atom is -0.505 e. The van der Waals surface area contributed by atoms with Gasteiger partial charge < -0.3 is 9.84 Å². The van der Waals surface area contributed by atoms with Crippen LogP contribution < -0.4 is 4.74 Å². The van der Waals surface area contributed by atoms with Crippen LogP contribution in [0.25, 0.3) is 38.9 Å². The van der Waals surface area contributed by atoms with Gasteiger partial charge in [0.25, 0.3) is 0 Å². The molecule has 6 aromatic rings. The van der Waals surface area contributed by atoms with Gasteiger partial charge in [-0.2, -0.15) is 0 Å². The predicted molar refractivity (Wildman–Crippen MR) is 204 cm³/mol. The van der Waals surface area contributed by atoms with Gasteiger partial charge in [-0.1, -0.05) is 119 Å². The fourth-order valence-corrected chi connectivity index (χ4v) is 6.38. The molecule has 0 saturated carbocycles. The normalized spacial score (nSPS) is 12.7. The molecule has 50 heavy (non-hydrogen) atoms. The summed E-state index contributed by atoms with van der Waals surface area (Å²) in [6.07, 6.45) is 1.71. The summed E-state index contributed by atoms with van der Waals surface area (Å²) < 4.78 is 8.28. The standard InChI is InChI=1S/C44H50N3O2.Pt/c1-41(2,3)28-19-20-35-31(23-28)32-26-33(43(7,8)9)38(27-16-15-17-30(22-27)49-37-18-13-14-21-45-37)46-40(32)47(35)36-25-29(42(4,5)6)24-34(39(36)48)44(10,11)12;/h13-21,23-26,48H,1-12H3;/q-1;. The van der Waals surface area contributed by atoms with Gasteiger partial charge in [0.2, 0.25) is 5.88 Å². The fraction of sp³-hybridized carbons (Fsp3) is 0.364. The molecule has 0 spiro atoms. The van der Waals surface area contributed by atoms with Crippen LogP contribution in [0.3, 0.4) is 0 Å². The zero-order valence-electron chi connectivity index (χ0n) is 31.5. The van der Waals surface area contributed by atoms with Crippen LogP contribution in [0.15, 0.2) is 79.0 Å². The molecule has 3 aromatic carbocycles. The van der Waals surface area contributed by atoms with Crippen LogP contribution in [-0.2, 0) is 42.7 Å². The number of benzene rings is 3. The predicted octanol–water partition coefficient (Wildman–Crippen LogP) is 11.7. The minimum absolute atomic E-state index is 0. The largest absolute Gasteiger partial charge is 0.505 e. The zero-order chi connectivity index (χ0) is 35.7. The van der Waals surface area contributed by atoms with Gasteiger partial charge in [0.05, 0.1) is 11.2 Å². The Hall–Kier alpha value is -3.95. The molecule has 1 N–H and O–H groups in total. The SMILES string of the molecule is CC(C)(C)c1cc(-n2c3ccc(C(C)(C)C)cc3c3cc(C(C)(C)C)c(-c4[c-]c(Oc5ccccn5)ccc4)nc32)c(O)c(C(C)(C)C)c1.[Pt]. The number of aromatic hydroxyl groups is 1. The number of aromatic nitrogens is 3. The molecule has 0 atom stereocenters. The molecule has 0 fully saturated rings. The number of hydrogen-bond donors (Lipinski definition) is 1. The van der Waals surface area contributed by atoms with E-state index in [0.717, 1.165) is 55.6 Å². The summed E-state index contributed by atoms with van der Waals surface area (Å²) in [6.45, 7) is 26.5. The number of nitrogens with zero attached hydrogens (tertiary/aromatic N) is 3. The van der Waals surface area contributed by atoms with Crippen molar-refractivity contribution in [1.82, 2.24) is 14.5 Å². The maximum Gasteiger partial charge on any atom is 0.217 e. The molecule has 3 heterocycles. The summed E-state index contributed by atoms with van der Waals surface area (Å²) in [4.78, 5) is 9.88. The average molecular weight is 848 g/mol. The van der Waals surface area contributed by atoms with Gasteiger partial charge in [0, 0.05) is 55.4 Å². The van der Waals surface area contributed by atoms with Crippen molar-refractivity contribution in [3.8, 4) is 34.3 Å². The van der Waals surface area contributed by atoms with Crippen LogP contribution >= 0.6 is 0 Å². The second kappa shape index (κ2) is 13.0. The third-order valence-corrected chi connectivity index (χ3v) is 9.30. The molecule has 0 amide bonds. The molecular weight excluding hydrogens is 798 g/mol. The first-order valence-electron chi connectivity index (χ1n) is 17.2. The van der Waals surface area contributed by atoms with Gasteiger partial charge in [-0.3, -0.25) is 9.55 Å². The van der Waals surface area contributed by atoms with E-state index in [0.29, 0.717) is 11.6 Å². The summed E-state index contributed by atoms with van der Waals surface area (Å²) in [5.74, 6) is 1.35. The second-order valence-electron chi connectivity index (χ2n) is 17.4. The number of rotatable bonds is 4. The van der Waals surface area contributed by atoms with Crippen LogP contribution in [0.2, 0.25) is 0 Å². The Kier molecular flexibility index (Phi) is 9.69. The smallest absolute Gasteiger partial charge is 0.217 e. The number of pyridine rings is 2. The van der Waals surface area contributed by atoms with Crippen LogP contribution in [-0.4, -0.2) is 19.6 Å². The Morgan fingerprint density at radius 2 is 1.34 bits per heavy atom. The molecular formula is C44H50N3O2Pt-. The Morgan fingerprint density at radius 1 is 0.660 bits per heavy atom. The molecule has 6 heteroatoms. The molecule has 0 bridgehead atoms. The topological polar surface area (TPSA) is 60.2 Å². The summed E-state index contributed by atoms with van der Waals surface area (Å²) in [6, 6.07) is 28.3. The molecule has 0 unspecified atom stereocenters. The summed E-state index contributed by atoms with van der Waals surface area (Å²) in [5, 5.41) is 14.3. The van der Waals surface area contributed by atoms with Gasteiger partial charge in [-0.05, 0) is 62.7 Å². The molecule has 0 aliphatic carbocycles. The fourth-order valence-electron chi connectivity index (χ4n) is 6.38. The van der Waals surface area contributed by atoms with Gasteiger partial charge in [-0.25, -0.2) is 4.98 Å². The molecule has 0 aliphatic rings. The van der Waals surface area contributed by atoms with Crippen molar-refractivity contribution < 1.29 is 30.9 Å². The van der Waals surface area contributed by atoms with Gasteiger partial charge in [0.15, 0.2) is 0 Å². The van der Waals surface area contributed by atoms with Crippen LogP contribution in [0.4, 0.5) is 0 Å². The Bertz CT molecular complexity index is 2190.